The number of hydrogen-bond donors (Lipinski definition) is 1. The molecule has 2 aliphatic heterocycles. The molecular weight excluding hydrogens is 659 g/mol. The van der Waals surface area contributed by atoms with Gasteiger partial charge in [-0.1, -0.05) is 53.6 Å². The minimum absolute atomic E-state index is 0.0444. The number of ether oxygens (including phenoxy) is 1. The Morgan fingerprint density at radius 3 is 2.45 bits per heavy atom. The number of anilines is 1. The number of carbonyl (C=O) groups is 2. The molecular formula is C37H35ClF3N3O5. The normalized spacial score (nSPS) is 16.1. The number of rotatable bonds is 9. The van der Waals surface area contributed by atoms with Crippen LogP contribution in [0.3, 0.4) is 0 Å². The van der Waals surface area contributed by atoms with E-state index in [2.05, 4.69) is 27.1 Å². The molecule has 8 nitrogen and oxygen atoms in total. The molecule has 0 radical (unpaired) electrons. The van der Waals surface area contributed by atoms with Gasteiger partial charge in [0.1, 0.15) is 11.3 Å². The van der Waals surface area contributed by atoms with Crippen molar-refractivity contribution in [1.82, 2.24) is 10.2 Å². The highest BCUT2D eigenvalue weighted by molar-refractivity contribution is 6.30. The lowest BCUT2D eigenvalue weighted by atomic mass is 9.97. The quantitative estimate of drug-likeness (QED) is 0.184. The monoisotopic (exact) mass is 693 g/mol. The summed E-state index contributed by atoms with van der Waals surface area (Å²) >= 11 is 6.10. The number of para-hydroxylation sites is 1. The summed E-state index contributed by atoms with van der Waals surface area (Å²) in [5.74, 6) is -1.26. The Kier molecular flexibility index (Phi) is 10.3. The zero-order valence-corrected chi connectivity index (χ0v) is 27.4. The van der Waals surface area contributed by atoms with Crippen molar-refractivity contribution in [2.75, 3.05) is 24.5 Å². The second-order valence-corrected chi connectivity index (χ2v) is 12.7. The lowest BCUT2D eigenvalue weighted by Crippen LogP contribution is -2.37. The van der Waals surface area contributed by atoms with Crippen molar-refractivity contribution in [1.29, 1.82) is 0 Å². The largest absolute Gasteiger partial charge is 0.573 e. The fourth-order valence-corrected chi connectivity index (χ4v) is 6.51. The van der Waals surface area contributed by atoms with Crippen molar-refractivity contribution < 1.29 is 31.9 Å². The molecule has 2 saturated heterocycles. The zero-order chi connectivity index (χ0) is 34.5. The van der Waals surface area contributed by atoms with Crippen molar-refractivity contribution in [2.24, 2.45) is 0 Å². The van der Waals surface area contributed by atoms with Crippen LogP contribution in [-0.4, -0.2) is 48.8 Å². The third-order valence-corrected chi connectivity index (χ3v) is 9.05. The number of carbonyl (C=O) groups excluding carboxylic acids is 2. The molecule has 1 N–H and O–H groups in total. The van der Waals surface area contributed by atoms with Crippen LogP contribution in [0.1, 0.15) is 53.8 Å². The third kappa shape index (κ3) is 8.83. The summed E-state index contributed by atoms with van der Waals surface area (Å²) in [4.78, 5) is 43.0. The number of nitrogens with zero attached hydrogens (tertiary/aromatic N) is 2. The van der Waals surface area contributed by atoms with E-state index < -0.39 is 29.5 Å². The number of benzene rings is 3. The van der Waals surface area contributed by atoms with E-state index in [1.54, 1.807) is 12.1 Å². The number of nitrogens with one attached hydrogen (secondary N) is 1. The first-order chi connectivity index (χ1) is 23.5. The van der Waals surface area contributed by atoms with Gasteiger partial charge >= 0.3 is 6.36 Å². The number of alkyl halides is 3. The zero-order valence-electron chi connectivity index (χ0n) is 26.6. The number of piperidine rings is 2. The molecule has 3 heterocycles. The second-order valence-electron chi connectivity index (χ2n) is 12.3. The van der Waals surface area contributed by atoms with E-state index in [-0.39, 0.29) is 22.6 Å². The van der Waals surface area contributed by atoms with Crippen LogP contribution in [0.5, 0.6) is 5.75 Å². The topological polar surface area (TPSA) is 92.1 Å². The van der Waals surface area contributed by atoms with Crippen LogP contribution in [-0.2, 0) is 17.8 Å². The summed E-state index contributed by atoms with van der Waals surface area (Å²) in [6.07, 6.45) is 1.66. The Balaban J connectivity index is 1.18. The predicted molar refractivity (Wildman–Crippen MR) is 181 cm³/mol. The summed E-state index contributed by atoms with van der Waals surface area (Å²) in [6, 6.07) is 19.1. The van der Waals surface area contributed by atoms with Gasteiger partial charge in [0.05, 0.1) is 11.4 Å². The first-order valence-corrected chi connectivity index (χ1v) is 16.6. The van der Waals surface area contributed by atoms with Gasteiger partial charge in [-0.3, -0.25) is 14.4 Å². The van der Waals surface area contributed by atoms with E-state index in [1.807, 2.05) is 35.2 Å². The molecule has 0 bridgehead atoms. The van der Waals surface area contributed by atoms with E-state index in [0.717, 1.165) is 92.0 Å². The summed E-state index contributed by atoms with van der Waals surface area (Å²) in [5, 5.41) is 3.41. The number of likely N-dealkylation sites (tertiary alicyclic amines) is 1. The van der Waals surface area contributed by atoms with Gasteiger partial charge < -0.3 is 24.3 Å². The maximum absolute atomic E-state index is 13.4. The van der Waals surface area contributed by atoms with E-state index in [9.17, 15) is 27.6 Å². The number of halogens is 4. The lowest BCUT2D eigenvalue weighted by molar-refractivity contribution is -0.274. The Morgan fingerprint density at radius 1 is 0.959 bits per heavy atom. The molecule has 3 aromatic carbocycles. The van der Waals surface area contributed by atoms with Gasteiger partial charge in [0.25, 0.3) is 5.91 Å². The summed E-state index contributed by atoms with van der Waals surface area (Å²) < 4.78 is 47.6. The van der Waals surface area contributed by atoms with Gasteiger partial charge in [-0.2, -0.15) is 0 Å². The molecule has 2 aliphatic rings. The van der Waals surface area contributed by atoms with Gasteiger partial charge in [0, 0.05) is 49.4 Å². The van der Waals surface area contributed by atoms with Crippen LogP contribution in [0.4, 0.5) is 18.9 Å². The molecule has 0 aliphatic carbocycles. The first-order valence-electron chi connectivity index (χ1n) is 16.2. The van der Waals surface area contributed by atoms with Crippen LogP contribution >= 0.6 is 11.6 Å². The Hall–Kier alpha value is -4.77. The van der Waals surface area contributed by atoms with Crippen LogP contribution in [0, 0.1) is 0 Å². The van der Waals surface area contributed by atoms with Crippen LogP contribution < -0.4 is 20.4 Å². The number of fused-ring (bicyclic) bond motifs is 1. The van der Waals surface area contributed by atoms with Crippen molar-refractivity contribution in [3.05, 3.63) is 117 Å². The first kappa shape index (κ1) is 34.1. The van der Waals surface area contributed by atoms with Crippen molar-refractivity contribution in [2.45, 2.75) is 57.5 Å². The van der Waals surface area contributed by atoms with E-state index in [1.165, 1.54) is 0 Å². The molecule has 0 spiro atoms. The van der Waals surface area contributed by atoms with E-state index in [4.69, 9.17) is 16.0 Å². The van der Waals surface area contributed by atoms with Crippen LogP contribution in [0.2, 0.25) is 5.02 Å². The fourth-order valence-electron chi connectivity index (χ4n) is 6.38. The standard InChI is InChI=1S/C37H35ClF3N3O5/c38-27-10-8-24(9-11-27)19-28(42-36(47)34-22-32(45)30-21-29(49-37(39,40)41)12-13-33(30)48-34)20-25-14-17-43(18-15-25)31-6-2-1-5-26(31)23-44-16-4-3-7-35(44)46/h1-2,5-6,8-13,20-22,28H,3-4,7,14-19,23H2,(H,42,47)/t28-/m0/s1. The van der Waals surface area contributed by atoms with Crippen LogP contribution in [0.25, 0.3) is 11.0 Å². The highest BCUT2D eigenvalue weighted by Gasteiger charge is 2.31. The Morgan fingerprint density at radius 2 is 1.71 bits per heavy atom. The summed E-state index contributed by atoms with van der Waals surface area (Å²) in [5.41, 5.74) is 3.62. The van der Waals surface area contributed by atoms with Crippen molar-refractivity contribution in [3.8, 4) is 5.75 Å². The minimum Gasteiger partial charge on any atom is -0.451 e. The van der Waals surface area contributed by atoms with Gasteiger partial charge in [-0.25, -0.2) is 0 Å². The number of hydrogen-bond acceptors (Lipinski definition) is 6. The summed E-state index contributed by atoms with van der Waals surface area (Å²) in [7, 11) is 0. The average Bonchev–Trinajstić information content (AvgIpc) is 3.07. The van der Waals surface area contributed by atoms with Gasteiger partial charge in [-0.15, -0.1) is 13.2 Å². The van der Waals surface area contributed by atoms with Crippen molar-refractivity contribution >= 4 is 40.1 Å². The van der Waals surface area contributed by atoms with Gasteiger partial charge in [-0.05, 0) is 79.6 Å². The maximum Gasteiger partial charge on any atom is 0.573 e. The molecule has 4 aromatic rings. The summed E-state index contributed by atoms with van der Waals surface area (Å²) in [6.45, 7) is 2.90. The molecule has 6 rings (SSSR count). The second kappa shape index (κ2) is 14.8. The molecule has 12 heteroatoms. The predicted octanol–water partition coefficient (Wildman–Crippen LogP) is 7.43. The average molecular weight is 694 g/mol. The molecule has 256 valence electrons. The molecule has 2 amide bonds. The maximum atomic E-state index is 13.4. The Labute approximate surface area is 286 Å². The molecule has 1 atom stereocenters. The van der Waals surface area contributed by atoms with Crippen LogP contribution in [0.15, 0.2) is 93.7 Å². The fraction of sp³-hybridized carbons (Fsp3) is 0.324. The molecule has 49 heavy (non-hydrogen) atoms. The minimum atomic E-state index is -4.92. The number of amides is 2. The van der Waals surface area contributed by atoms with Gasteiger partial charge in [0.15, 0.2) is 11.2 Å². The Bertz CT molecular complexity index is 1920. The molecule has 2 fully saturated rings. The highest BCUT2D eigenvalue weighted by Crippen LogP contribution is 2.29. The highest BCUT2D eigenvalue weighted by atomic mass is 35.5. The van der Waals surface area contributed by atoms with Gasteiger partial charge in [0.2, 0.25) is 5.91 Å². The van der Waals surface area contributed by atoms with E-state index in [0.29, 0.717) is 24.4 Å². The third-order valence-electron chi connectivity index (χ3n) is 8.80. The van der Waals surface area contributed by atoms with E-state index >= 15 is 0 Å². The SMILES string of the molecule is O=C(N[C@H](C=C1CCN(c2ccccc2CN2CCCCC2=O)CC1)Cc1ccc(Cl)cc1)c1cc(=O)c2cc(OC(F)(F)F)ccc2o1. The molecule has 0 unspecified atom stereocenters. The smallest absolute Gasteiger partial charge is 0.451 e. The van der Waals surface area contributed by atoms with Crippen molar-refractivity contribution in [3.63, 3.8) is 0 Å². The molecule has 0 saturated carbocycles. The molecule has 1 aromatic heterocycles. The lowest BCUT2D eigenvalue weighted by Gasteiger charge is -2.34.